The highest BCUT2D eigenvalue weighted by molar-refractivity contribution is 6.04. The number of amides is 1. The van der Waals surface area contributed by atoms with Crippen LogP contribution < -0.4 is 10.7 Å². The maximum atomic E-state index is 13.2. The van der Waals surface area contributed by atoms with Gasteiger partial charge in [-0.2, -0.15) is 5.10 Å². The molecule has 0 aliphatic carbocycles. The SMILES string of the molecule is Cc1ccc(-c2c(NC(=O)c3ccco3)n(-c3ccc(C)c(C)c3)nc(C)c2=O)cc1. The predicted molar refractivity (Wildman–Crippen MR) is 121 cm³/mol. The summed E-state index contributed by atoms with van der Waals surface area (Å²) in [5.74, 6) is -0.0142. The van der Waals surface area contributed by atoms with Gasteiger partial charge in [0.05, 0.1) is 17.5 Å². The fraction of sp³-hybridized carbons (Fsp3) is 0.160. The number of aryl methyl sites for hydroxylation is 4. The van der Waals surface area contributed by atoms with Gasteiger partial charge in [0.15, 0.2) is 5.76 Å². The van der Waals surface area contributed by atoms with Crippen LogP contribution in [0.5, 0.6) is 0 Å². The first-order valence-corrected chi connectivity index (χ1v) is 9.98. The van der Waals surface area contributed by atoms with Gasteiger partial charge in [-0.1, -0.05) is 35.9 Å². The standard InChI is InChI=1S/C25H23N3O3/c1-15-7-10-19(11-8-15)22-23(29)18(4)27-28(20-12-9-16(2)17(3)14-20)24(22)26-25(30)21-6-5-13-31-21/h5-14H,1-4H3,(H,26,30). The molecule has 4 aromatic rings. The summed E-state index contributed by atoms with van der Waals surface area (Å²) >= 11 is 0. The zero-order valence-electron chi connectivity index (χ0n) is 17.9. The highest BCUT2D eigenvalue weighted by atomic mass is 16.3. The van der Waals surface area contributed by atoms with E-state index >= 15 is 0 Å². The molecule has 6 nitrogen and oxygen atoms in total. The Morgan fingerprint density at radius 3 is 2.35 bits per heavy atom. The Balaban J connectivity index is 1.99. The molecule has 0 fully saturated rings. The molecule has 0 radical (unpaired) electrons. The zero-order valence-corrected chi connectivity index (χ0v) is 17.9. The summed E-state index contributed by atoms with van der Waals surface area (Å²) in [6.45, 7) is 7.70. The summed E-state index contributed by atoms with van der Waals surface area (Å²) in [6, 6.07) is 16.7. The fourth-order valence-corrected chi connectivity index (χ4v) is 3.36. The van der Waals surface area contributed by atoms with E-state index in [-0.39, 0.29) is 11.2 Å². The first kappa shape index (κ1) is 20.3. The molecule has 1 N–H and O–H groups in total. The third-order valence-corrected chi connectivity index (χ3v) is 5.31. The van der Waals surface area contributed by atoms with Crippen molar-refractivity contribution in [1.82, 2.24) is 9.78 Å². The first-order chi connectivity index (χ1) is 14.8. The fourth-order valence-electron chi connectivity index (χ4n) is 3.36. The van der Waals surface area contributed by atoms with Crippen LogP contribution in [0.15, 0.2) is 70.1 Å². The lowest BCUT2D eigenvalue weighted by Gasteiger charge is -2.18. The second kappa shape index (κ2) is 8.07. The Labute approximate surface area is 180 Å². The second-order valence-electron chi connectivity index (χ2n) is 7.62. The molecule has 0 spiro atoms. The molecule has 1 amide bonds. The number of hydrogen-bond donors (Lipinski definition) is 1. The van der Waals surface area contributed by atoms with Crippen molar-refractivity contribution in [3.8, 4) is 16.8 Å². The van der Waals surface area contributed by atoms with Crippen LogP contribution in [0.2, 0.25) is 0 Å². The van der Waals surface area contributed by atoms with Gasteiger partial charge < -0.3 is 9.73 Å². The van der Waals surface area contributed by atoms with Crippen molar-refractivity contribution < 1.29 is 9.21 Å². The molecule has 0 unspecified atom stereocenters. The van der Waals surface area contributed by atoms with Crippen LogP contribution in [0.1, 0.15) is 32.9 Å². The number of nitrogens with one attached hydrogen (secondary N) is 1. The van der Waals surface area contributed by atoms with Crippen LogP contribution in [0.25, 0.3) is 16.8 Å². The molecule has 6 heteroatoms. The Kier molecular flexibility index (Phi) is 5.29. The summed E-state index contributed by atoms with van der Waals surface area (Å²) in [5, 5.41) is 7.37. The average molecular weight is 413 g/mol. The van der Waals surface area contributed by atoms with Gasteiger partial charge in [-0.25, -0.2) is 4.68 Å². The van der Waals surface area contributed by atoms with Crippen LogP contribution >= 0.6 is 0 Å². The number of anilines is 1. The van der Waals surface area contributed by atoms with Crippen molar-refractivity contribution >= 4 is 11.7 Å². The van der Waals surface area contributed by atoms with Crippen LogP contribution in [-0.4, -0.2) is 15.7 Å². The molecule has 2 aromatic carbocycles. The van der Waals surface area contributed by atoms with E-state index in [2.05, 4.69) is 10.4 Å². The molecule has 0 saturated carbocycles. The lowest BCUT2D eigenvalue weighted by atomic mass is 10.0. The van der Waals surface area contributed by atoms with Crippen LogP contribution in [0.4, 0.5) is 5.82 Å². The number of benzene rings is 2. The van der Waals surface area contributed by atoms with Crippen molar-refractivity contribution in [2.75, 3.05) is 5.32 Å². The number of furan rings is 1. The quantitative estimate of drug-likeness (QED) is 0.512. The molecule has 4 rings (SSSR count). The summed E-state index contributed by atoms with van der Waals surface area (Å²) in [6.07, 6.45) is 1.43. The summed E-state index contributed by atoms with van der Waals surface area (Å²) < 4.78 is 6.85. The number of hydrogen-bond acceptors (Lipinski definition) is 4. The lowest BCUT2D eigenvalue weighted by molar-refractivity contribution is 0.0996. The minimum Gasteiger partial charge on any atom is -0.459 e. The topological polar surface area (TPSA) is 77.1 Å². The Bertz CT molecular complexity index is 1320. The van der Waals surface area contributed by atoms with Crippen LogP contribution in [0.3, 0.4) is 0 Å². The maximum absolute atomic E-state index is 13.2. The summed E-state index contributed by atoms with van der Waals surface area (Å²) in [5.41, 5.74) is 5.22. The van der Waals surface area contributed by atoms with Gasteiger partial charge in [0, 0.05) is 0 Å². The Morgan fingerprint density at radius 2 is 1.71 bits per heavy atom. The predicted octanol–water partition coefficient (Wildman–Crippen LogP) is 4.98. The highest BCUT2D eigenvalue weighted by Gasteiger charge is 2.22. The van der Waals surface area contributed by atoms with E-state index in [0.29, 0.717) is 22.6 Å². The number of carbonyl (C=O) groups is 1. The molecule has 31 heavy (non-hydrogen) atoms. The second-order valence-corrected chi connectivity index (χ2v) is 7.62. The van der Waals surface area contributed by atoms with Crippen molar-refractivity contribution in [3.63, 3.8) is 0 Å². The van der Waals surface area contributed by atoms with Crippen molar-refractivity contribution in [2.45, 2.75) is 27.7 Å². The average Bonchev–Trinajstić information content (AvgIpc) is 3.29. The van der Waals surface area contributed by atoms with Gasteiger partial charge in [0.25, 0.3) is 5.91 Å². The molecule has 0 bridgehead atoms. The third-order valence-electron chi connectivity index (χ3n) is 5.31. The number of aromatic nitrogens is 2. The van der Waals surface area contributed by atoms with E-state index in [4.69, 9.17) is 4.42 Å². The molecular formula is C25H23N3O3. The van der Waals surface area contributed by atoms with Crippen molar-refractivity contribution in [1.29, 1.82) is 0 Å². The maximum Gasteiger partial charge on any atom is 0.292 e. The molecule has 0 atom stereocenters. The number of rotatable bonds is 4. The molecule has 156 valence electrons. The number of nitrogens with zero attached hydrogens (tertiary/aromatic N) is 2. The van der Waals surface area contributed by atoms with E-state index in [1.807, 2.05) is 63.2 Å². The molecule has 0 aliphatic heterocycles. The normalized spacial score (nSPS) is 10.8. The van der Waals surface area contributed by atoms with Crippen molar-refractivity contribution in [2.24, 2.45) is 0 Å². The summed E-state index contributed by atoms with van der Waals surface area (Å²) in [4.78, 5) is 26.1. The molecule has 2 heterocycles. The Morgan fingerprint density at radius 1 is 0.968 bits per heavy atom. The van der Waals surface area contributed by atoms with Gasteiger partial charge in [-0.15, -0.1) is 0 Å². The van der Waals surface area contributed by atoms with Crippen LogP contribution in [0, 0.1) is 27.7 Å². The first-order valence-electron chi connectivity index (χ1n) is 9.98. The monoisotopic (exact) mass is 413 g/mol. The summed E-state index contributed by atoms with van der Waals surface area (Å²) in [7, 11) is 0. The highest BCUT2D eigenvalue weighted by Crippen LogP contribution is 2.28. The van der Waals surface area contributed by atoms with Crippen LogP contribution in [-0.2, 0) is 0 Å². The van der Waals surface area contributed by atoms with Gasteiger partial charge in [0.2, 0.25) is 5.43 Å². The van der Waals surface area contributed by atoms with Gasteiger partial charge in [0.1, 0.15) is 11.5 Å². The van der Waals surface area contributed by atoms with Gasteiger partial charge in [-0.05, 0) is 68.7 Å². The Hall–Kier alpha value is -3.93. The largest absolute Gasteiger partial charge is 0.459 e. The minimum atomic E-state index is -0.457. The molecule has 0 aliphatic rings. The lowest BCUT2D eigenvalue weighted by Crippen LogP contribution is -2.24. The molecule has 0 saturated heterocycles. The van der Waals surface area contributed by atoms with E-state index in [9.17, 15) is 9.59 Å². The van der Waals surface area contributed by atoms with E-state index in [0.717, 1.165) is 22.4 Å². The smallest absolute Gasteiger partial charge is 0.292 e. The van der Waals surface area contributed by atoms with E-state index in [1.165, 1.54) is 6.26 Å². The molecular weight excluding hydrogens is 390 g/mol. The molecule has 2 aromatic heterocycles. The zero-order chi connectivity index (χ0) is 22.1. The van der Waals surface area contributed by atoms with Crippen molar-refractivity contribution in [3.05, 3.63) is 99.2 Å². The number of carbonyl (C=O) groups excluding carboxylic acids is 1. The third kappa shape index (κ3) is 3.92. The minimum absolute atomic E-state index is 0.148. The van der Waals surface area contributed by atoms with Gasteiger partial charge in [-0.3, -0.25) is 9.59 Å². The van der Waals surface area contributed by atoms with Gasteiger partial charge >= 0.3 is 0 Å². The van der Waals surface area contributed by atoms with E-state index in [1.54, 1.807) is 23.7 Å². The van der Waals surface area contributed by atoms with E-state index < -0.39 is 5.91 Å².